The molecule has 1 aliphatic rings. The van der Waals surface area contributed by atoms with Crippen LogP contribution in [0.15, 0.2) is 36.4 Å². The maximum atomic E-state index is 12.3. The summed E-state index contributed by atoms with van der Waals surface area (Å²) in [6.07, 6.45) is 1.69. The van der Waals surface area contributed by atoms with Crippen LogP contribution in [0.25, 0.3) is 0 Å². The number of ether oxygens (including phenoxy) is 1. The molecule has 0 bridgehead atoms. The minimum absolute atomic E-state index is 0.0158. The molecule has 0 fully saturated rings. The summed E-state index contributed by atoms with van der Waals surface area (Å²) in [4.78, 5) is 12.3. The van der Waals surface area contributed by atoms with Crippen LogP contribution in [0.4, 0.5) is 0 Å². The van der Waals surface area contributed by atoms with Gasteiger partial charge in [0.25, 0.3) is 5.91 Å². The average Bonchev–Trinajstić information content (AvgIpc) is 2.97. The van der Waals surface area contributed by atoms with Crippen molar-refractivity contribution in [3.8, 4) is 5.75 Å². The zero-order valence-corrected chi connectivity index (χ0v) is 14.2. The molecule has 0 saturated carbocycles. The number of nitrogens with one attached hydrogen (secondary N) is 1. The molecule has 23 heavy (non-hydrogen) atoms. The van der Waals surface area contributed by atoms with Crippen LogP contribution >= 0.6 is 23.2 Å². The first-order valence-electron chi connectivity index (χ1n) is 7.53. The molecule has 0 aromatic heterocycles. The van der Waals surface area contributed by atoms with Gasteiger partial charge in [-0.15, -0.1) is 0 Å². The van der Waals surface area contributed by atoms with Crippen molar-refractivity contribution in [3.05, 3.63) is 63.1 Å². The third kappa shape index (κ3) is 3.80. The first-order chi connectivity index (χ1) is 11.0. The highest BCUT2D eigenvalue weighted by Crippen LogP contribution is 2.26. The zero-order valence-electron chi connectivity index (χ0n) is 12.7. The SMILES string of the molecule is CC(Cc1ccc2c(c1)CCO2)NC(=O)c1cc(Cl)ccc1Cl. The van der Waals surface area contributed by atoms with E-state index < -0.39 is 0 Å². The molecule has 120 valence electrons. The van der Waals surface area contributed by atoms with Crippen LogP contribution in [0.3, 0.4) is 0 Å². The minimum Gasteiger partial charge on any atom is -0.493 e. The molecule has 1 amide bonds. The van der Waals surface area contributed by atoms with Gasteiger partial charge in [-0.1, -0.05) is 35.3 Å². The number of amides is 1. The monoisotopic (exact) mass is 349 g/mol. The largest absolute Gasteiger partial charge is 0.493 e. The van der Waals surface area contributed by atoms with Gasteiger partial charge in [0.1, 0.15) is 5.75 Å². The molecule has 2 aromatic rings. The van der Waals surface area contributed by atoms with Crippen molar-refractivity contribution in [2.45, 2.75) is 25.8 Å². The van der Waals surface area contributed by atoms with Gasteiger partial charge in [0.05, 0.1) is 17.2 Å². The number of hydrogen-bond acceptors (Lipinski definition) is 2. The second-order valence-electron chi connectivity index (χ2n) is 5.74. The Bertz CT molecular complexity index is 746. The van der Waals surface area contributed by atoms with E-state index in [4.69, 9.17) is 27.9 Å². The Hall–Kier alpha value is -1.71. The van der Waals surface area contributed by atoms with Gasteiger partial charge >= 0.3 is 0 Å². The normalized spacial score (nSPS) is 14.0. The Labute approximate surface area is 145 Å². The number of benzene rings is 2. The number of fused-ring (bicyclic) bond motifs is 1. The Morgan fingerprint density at radius 1 is 1.26 bits per heavy atom. The Morgan fingerprint density at radius 2 is 2.09 bits per heavy atom. The van der Waals surface area contributed by atoms with Crippen molar-refractivity contribution < 1.29 is 9.53 Å². The van der Waals surface area contributed by atoms with Crippen LogP contribution in [0.5, 0.6) is 5.75 Å². The van der Waals surface area contributed by atoms with Gasteiger partial charge in [-0.05, 0) is 48.7 Å². The van der Waals surface area contributed by atoms with Gasteiger partial charge in [-0.2, -0.15) is 0 Å². The minimum atomic E-state index is -0.213. The lowest BCUT2D eigenvalue weighted by molar-refractivity contribution is 0.0940. The maximum Gasteiger partial charge on any atom is 0.253 e. The van der Waals surface area contributed by atoms with Crippen LogP contribution in [-0.2, 0) is 12.8 Å². The molecular formula is C18H17Cl2NO2. The van der Waals surface area contributed by atoms with E-state index in [-0.39, 0.29) is 11.9 Å². The molecule has 1 unspecified atom stereocenters. The first kappa shape index (κ1) is 16.2. The fraction of sp³-hybridized carbons (Fsp3) is 0.278. The van der Waals surface area contributed by atoms with Crippen molar-refractivity contribution in [2.75, 3.05) is 6.61 Å². The maximum absolute atomic E-state index is 12.3. The second kappa shape index (κ2) is 6.81. The number of hydrogen-bond donors (Lipinski definition) is 1. The smallest absolute Gasteiger partial charge is 0.253 e. The average molecular weight is 350 g/mol. The molecule has 2 aromatic carbocycles. The molecule has 1 atom stereocenters. The van der Waals surface area contributed by atoms with Crippen LogP contribution < -0.4 is 10.1 Å². The van der Waals surface area contributed by atoms with E-state index in [0.717, 1.165) is 25.2 Å². The summed E-state index contributed by atoms with van der Waals surface area (Å²) < 4.78 is 5.51. The van der Waals surface area contributed by atoms with E-state index in [9.17, 15) is 4.79 Å². The summed E-state index contributed by atoms with van der Waals surface area (Å²) in [5.74, 6) is 0.755. The molecular weight excluding hydrogens is 333 g/mol. The predicted octanol–water partition coefficient (Wildman–Crippen LogP) is 4.29. The molecule has 0 saturated heterocycles. The molecule has 1 heterocycles. The molecule has 5 heteroatoms. The molecule has 0 spiro atoms. The van der Waals surface area contributed by atoms with Gasteiger partial charge in [0, 0.05) is 17.5 Å². The summed E-state index contributed by atoms with van der Waals surface area (Å²) in [7, 11) is 0. The van der Waals surface area contributed by atoms with E-state index >= 15 is 0 Å². The van der Waals surface area contributed by atoms with Crippen LogP contribution in [-0.4, -0.2) is 18.6 Å². The third-order valence-corrected chi connectivity index (χ3v) is 4.41. The highest BCUT2D eigenvalue weighted by Gasteiger charge is 2.16. The van der Waals surface area contributed by atoms with E-state index in [0.29, 0.717) is 15.6 Å². The zero-order chi connectivity index (χ0) is 16.4. The molecule has 1 aliphatic heterocycles. The van der Waals surface area contributed by atoms with Gasteiger partial charge in [0.2, 0.25) is 0 Å². The number of carbonyl (C=O) groups excluding carboxylic acids is 1. The van der Waals surface area contributed by atoms with Gasteiger partial charge in [-0.3, -0.25) is 4.79 Å². The topological polar surface area (TPSA) is 38.3 Å². The summed E-state index contributed by atoms with van der Waals surface area (Å²) >= 11 is 12.0. The van der Waals surface area contributed by atoms with Crippen molar-refractivity contribution in [3.63, 3.8) is 0 Å². The number of carbonyl (C=O) groups is 1. The van der Waals surface area contributed by atoms with Crippen LogP contribution in [0, 0.1) is 0 Å². The van der Waals surface area contributed by atoms with Gasteiger partial charge in [0.15, 0.2) is 0 Å². The molecule has 3 nitrogen and oxygen atoms in total. The molecule has 1 N–H and O–H groups in total. The summed E-state index contributed by atoms with van der Waals surface area (Å²) in [6.45, 7) is 2.72. The Morgan fingerprint density at radius 3 is 2.91 bits per heavy atom. The molecule has 0 aliphatic carbocycles. The fourth-order valence-corrected chi connectivity index (χ4v) is 3.12. The van der Waals surface area contributed by atoms with Crippen LogP contribution in [0.2, 0.25) is 10.0 Å². The lowest BCUT2D eigenvalue weighted by Crippen LogP contribution is -2.34. The van der Waals surface area contributed by atoms with Gasteiger partial charge < -0.3 is 10.1 Å². The Balaban J connectivity index is 1.66. The highest BCUT2D eigenvalue weighted by atomic mass is 35.5. The lowest BCUT2D eigenvalue weighted by Gasteiger charge is -2.15. The highest BCUT2D eigenvalue weighted by molar-refractivity contribution is 6.35. The van der Waals surface area contributed by atoms with E-state index in [1.165, 1.54) is 11.1 Å². The van der Waals surface area contributed by atoms with E-state index in [1.54, 1.807) is 18.2 Å². The molecule has 3 rings (SSSR count). The quantitative estimate of drug-likeness (QED) is 0.893. The molecule has 0 radical (unpaired) electrons. The van der Waals surface area contributed by atoms with Gasteiger partial charge in [-0.25, -0.2) is 0 Å². The summed E-state index contributed by atoms with van der Waals surface area (Å²) in [5, 5.41) is 3.86. The first-order valence-corrected chi connectivity index (χ1v) is 8.29. The van der Waals surface area contributed by atoms with E-state index in [2.05, 4.69) is 11.4 Å². The number of halogens is 2. The Kier molecular flexibility index (Phi) is 4.79. The summed E-state index contributed by atoms with van der Waals surface area (Å²) in [6, 6.07) is 11.0. The fourth-order valence-electron chi connectivity index (χ4n) is 2.74. The van der Waals surface area contributed by atoms with Crippen molar-refractivity contribution in [1.29, 1.82) is 0 Å². The number of rotatable bonds is 4. The van der Waals surface area contributed by atoms with Crippen molar-refractivity contribution >= 4 is 29.1 Å². The second-order valence-corrected chi connectivity index (χ2v) is 6.59. The van der Waals surface area contributed by atoms with Crippen molar-refractivity contribution in [1.82, 2.24) is 5.32 Å². The summed E-state index contributed by atoms with van der Waals surface area (Å²) in [5.41, 5.74) is 2.81. The van der Waals surface area contributed by atoms with E-state index in [1.807, 2.05) is 19.1 Å². The standard InChI is InChI=1S/C18H17Cl2NO2/c1-11(8-12-2-5-17-13(9-12)6-7-23-17)21-18(22)15-10-14(19)3-4-16(15)20/h2-5,9-11H,6-8H2,1H3,(H,21,22). The van der Waals surface area contributed by atoms with Crippen LogP contribution in [0.1, 0.15) is 28.4 Å². The third-order valence-electron chi connectivity index (χ3n) is 3.85. The predicted molar refractivity (Wildman–Crippen MR) is 92.7 cm³/mol. The van der Waals surface area contributed by atoms with Crippen molar-refractivity contribution in [2.24, 2.45) is 0 Å². The lowest BCUT2D eigenvalue weighted by atomic mass is 10.0.